The van der Waals surface area contributed by atoms with Crippen LogP contribution in [0.1, 0.15) is 10.5 Å². The summed E-state index contributed by atoms with van der Waals surface area (Å²) in [6, 6.07) is 13.5. The summed E-state index contributed by atoms with van der Waals surface area (Å²) in [5, 5.41) is 14.5. The highest BCUT2D eigenvalue weighted by molar-refractivity contribution is 5.94. The number of hydrogen-bond donors (Lipinski definition) is 2. The van der Waals surface area contributed by atoms with E-state index in [1.54, 1.807) is 18.0 Å². The van der Waals surface area contributed by atoms with Crippen molar-refractivity contribution in [1.82, 2.24) is 20.1 Å². The monoisotopic (exact) mass is 434 g/mol. The van der Waals surface area contributed by atoms with Crippen LogP contribution in [-0.2, 0) is 11.3 Å². The van der Waals surface area contributed by atoms with Gasteiger partial charge < -0.3 is 15.2 Å². The second kappa shape index (κ2) is 8.86. The van der Waals surface area contributed by atoms with Gasteiger partial charge in [0.1, 0.15) is 11.4 Å². The van der Waals surface area contributed by atoms with E-state index in [1.807, 2.05) is 42.5 Å². The number of benzene rings is 1. The van der Waals surface area contributed by atoms with Crippen molar-refractivity contribution >= 4 is 11.9 Å². The SMILES string of the molecule is COc1ccc(-c2cc(-c3cc4n(n3)CCNC4=O)ccn2)cc1.O=C(O)C(F)(F)F. The number of carboxylic acids is 1. The molecule has 0 spiro atoms. The second-order valence-corrected chi connectivity index (χ2v) is 6.36. The Kier molecular flexibility index (Phi) is 6.23. The van der Waals surface area contributed by atoms with E-state index >= 15 is 0 Å². The van der Waals surface area contributed by atoms with E-state index in [1.165, 1.54) is 0 Å². The van der Waals surface area contributed by atoms with Gasteiger partial charge in [0, 0.05) is 23.9 Å². The summed E-state index contributed by atoms with van der Waals surface area (Å²) in [4.78, 5) is 25.2. The Labute approximate surface area is 174 Å². The summed E-state index contributed by atoms with van der Waals surface area (Å²) in [7, 11) is 1.64. The Morgan fingerprint density at radius 1 is 1.13 bits per heavy atom. The van der Waals surface area contributed by atoms with Gasteiger partial charge in [-0.25, -0.2) is 4.79 Å². The molecular weight excluding hydrogens is 417 g/mol. The van der Waals surface area contributed by atoms with Gasteiger partial charge >= 0.3 is 12.1 Å². The number of rotatable bonds is 3. The molecule has 1 aliphatic rings. The number of fused-ring (bicyclic) bond motifs is 1. The Bertz CT molecular complexity index is 1090. The lowest BCUT2D eigenvalue weighted by Crippen LogP contribution is -2.35. The summed E-state index contributed by atoms with van der Waals surface area (Å²) in [6.07, 6.45) is -3.33. The number of nitrogens with one attached hydrogen (secondary N) is 1. The van der Waals surface area contributed by atoms with Crippen LogP contribution in [0.2, 0.25) is 0 Å². The number of amides is 1. The molecule has 2 aromatic heterocycles. The van der Waals surface area contributed by atoms with E-state index in [0.29, 0.717) is 18.8 Å². The van der Waals surface area contributed by atoms with Gasteiger partial charge in [0.2, 0.25) is 0 Å². The van der Waals surface area contributed by atoms with Crippen molar-refractivity contribution in [3.05, 3.63) is 54.4 Å². The number of carbonyl (C=O) groups is 2. The van der Waals surface area contributed by atoms with Crippen LogP contribution < -0.4 is 10.1 Å². The smallest absolute Gasteiger partial charge is 0.490 e. The maximum absolute atomic E-state index is 11.9. The number of carboxylic acid groups (broad SMARTS) is 1. The molecule has 1 aromatic carbocycles. The highest BCUT2D eigenvalue weighted by atomic mass is 19.4. The first-order valence-electron chi connectivity index (χ1n) is 8.96. The van der Waals surface area contributed by atoms with E-state index in [2.05, 4.69) is 15.4 Å². The topological polar surface area (TPSA) is 106 Å². The van der Waals surface area contributed by atoms with E-state index in [0.717, 1.165) is 28.3 Å². The average Bonchev–Trinajstić information content (AvgIpc) is 3.20. The molecule has 4 rings (SSSR count). The minimum absolute atomic E-state index is 0.0792. The number of halogens is 3. The molecule has 0 saturated heterocycles. The molecule has 0 atom stereocenters. The van der Waals surface area contributed by atoms with Crippen LogP contribution >= 0.6 is 0 Å². The highest BCUT2D eigenvalue weighted by Gasteiger charge is 2.38. The van der Waals surface area contributed by atoms with Gasteiger partial charge in [-0.15, -0.1) is 0 Å². The Morgan fingerprint density at radius 3 is 2.39 bits per heavy atom. The molecule has 0 unspecified atom stereocenters. The molecule has 11 heteroatoms. The maximum atomic E-state index is 11.9. The summed E-state index contributed by atoms with van der Waals surface area (Å²) < 4.78 is 38.7. The van der Waals surface area contributed by atoms with Crippen molar-refractivity contribution in [1.29, 1.82) is 0 Å². The number of aromatic nitrogens is 3. The number of nitrogens with zero attached hydrogens (tertiary/aromatic N) is 3. The molecular formula is C20H17F3N4O4. The lowest BCUT2D eigenvalue weighted by atomic mass is 10.1. The van der Waals surface area contributed by atoms with Gasteiger partial charge in [-0.1, -0.05) is 0 Å². The summed E-state index contributed by atoms with van der Waals surface area (Å²) >= 11 is 0. The minimum atomic E-state index is -5.08. The van der Waals surface area contributed by atoms with E-state index < -0.39 is 12.1 Å². The Morgan fingerprint density at radius 2 is 1.81 bits per heavy atom. The fraction of sp³-hybridized carbons (Fsp3) is 0.200. The number of carbonyl (C=O) groups excluding carboxylic acids is 1. The first-order valence-corrected chi connectivity index (χ1v) is 8.96. The van der Waals surface area contributed by atoms with E-state index in [9.17, 15) is 18.0 Å². The van der Waals surface area contributed by atoms with Gasteiger partial charge in [0.15, 0.2) is 0 Å². The lowest BCUT2D eigenvalue weighted by Gasteiger charge is -2.13. The first-order chi connectivity index (χ1) is 14.7. The Hall–Kier alpha value is -3.89. The molecule has 1 aliphatic heterocycles. The highest BCUT2D eigenvalue weighted by Crippen LogP contribution is 2.26. The molecule has 0 saturated carbocycles. The predicted octanol–water partition coefficient (Wildman–Crippen LogP) is 3.00. The summed E-state index contributed by atoms with van der Waals surface area (Å²) in [5.74, 6) is -2.03. The number of pyridine rings is 1. The van der Waals surface area contributed by atoms with Crippen molar-refractivity contribution < 1.29 is 32.6 Å². The standard InChI is InChI=1S/C18H16N4O2.C2HF3O2/c1-24-14-4-2-12(3-5-14)15-10-13(6-7-19-15)16-11-17-18(23)20-8-9-22(17)21-16;3-2(4,5)1(6)7/h2-7,10-11H,8-9H2,1H3,(H,20,23);(H,6,7). The van der Waals surface area contributed by atoms with Gasteiger partial charge in [0.25, 0.3) is 5.91 Å². The molecule has 31 heavy (non-hydrogen) atoms. The quantitative estimate of drug-likeness (QED) is 0.657. The molecule has 0 fully saturated rings. The van der Waals surface area contributed by atoms with Crippen LogP contribution in [0.3, 0.4) is 0 Å². The lowest BCUT2D eigenvalue weighted by molar-refractivity contribution is -0.192. The van der Waals surface area contributed by atoms with Crippen LogP contribution in [-0.4, -0.2) is 51.6 Å². The van der Waals surface area contributed by atoms with Gasteiger partial charge in [-0.05, 0) is 42.5 Å². The van der Waals surface area contributed by atoms with Crippen molar-refractivity contribution in [2.45, 2.75) is 12.7 Å². The minimum Gasteiger partial charge on any atom is -0.497 e. The summed E-state index contributed by atoms with van der Waals surface area (Å²) in [6.45, 7) is 1.30. The molecule has 162 valence electrons. The van der Waals surface area contributed by atoms with Gasteiger partial charge in [-0.3, -0.25) is 14.5 Å². The molecule has 8 nitrogen and oxygen atoms in total. The van der Waals surface area contributed by atoms with Crippen LogP contribution in [0, 0.1) is 0 Å². The number of alkyl halides is 3. The van der Waals surface area contributed by atoms with Crippen LogP contribution in [0.25, 0.3) is 22.5 Å². The van der Waals surface area contributed by atoms with Crippen molar-refractivity contribution in [3.8, 4) is 28.3 Å². The van der Waals surface area contributed by atoms with Crippen LogP contribution in [0.4, 0.5) is 13.2 Å². The number of methoxy groups -OCH3 is 1. The van der Waals surface area contributed by atoms with Gasteiger partial charge in [0.05, 0.1) is 25.0 Å². The molecule has 1 amide bonds. The molecule has 0 aliphatic carbocycles. The van der Waals surface area contributed by atoms with Crippen LogP contribution in [0.5, 0.6) is 5.75 Å². The number of hydrogen-bond acceptors (Lipinski definition) is 5. The van der Waals surface area contributed by atoms with Crippen molar-refractivity contribution in [3.63, 3.8) is 0 Å². The second-order valence-electron chi connectivity index (χ2n) is 6.36. The molecule has 0 radical (unpaired) electrons. The first kappa shape index (κ1) is 21.8. The Balaban J connectivity index is 0.000000339. The fourth-order valence-corrected chi connectivity index (χ4v) is 2.79. The normalized spacial score (nSPS) is 12.8. The molecule has 0 bridgehead atoms. The van der Waals surface area contributed by atoms with E-state index in [-0.39, 0.29) is 5.91 Å². The third-order valence-corrected chi connectivity index (χ3v) is 4.31. The maximum Gasteiger partial charge on any atom is 0.490 e. The van der Waals surface area contributed by atoms with Crippen molar-refractivity contribution in [2.24, 2.45) is 0 Å². The summed E-state index contributed by atoms with van der Waals surface area (Å²) in [5.41, 5.74) is 4.16. The number of aliphatic carboxylic acids is 1. The fourth-order valence-electron chi connectivity index (χ4n) is 2.79. The molecule has 3 heterocycles. The third-order valence-electron chi connectivity index (χ3n) is 4.31. The zero-order valence-electron chi connectivity index (χ0n) is 16.2. The molecule has 3 aromatic rings. The van der Waals surface area contributed by atoms with Crippen molar-refractivity contribution in [2.75, 3.05) is 13.7 Å². The average molecular weight is 434 g/mol. The van der Waals surface area contributed by atoms with E-state index in [4.69, 9.17) is 14.6 Å². The molecule has 2 N–H and O–H groups in total. The largest absolute Gasteiger partial charge is 0.497 e. The zero-order chi connectivity index (χ0) is 22.6. The van der Waals surface area contributed by atoms with Crippen LogP contribution in [0.15, 0.2) is 48.7 Å². The number of ether oxygens (including phenoxy) is 1. The zero-order valence-corrected chi connectivity index (χ0v) is 16.2. The predicted molar refractivity (Wildman–Crippen MR) is 103 cm³/mol. The third kappa shape index (κ3) is 5.18. The van der Waals surface area contributed by atoms with Gasteiger partial charge in [-0.2, -0.15) is 18.3 Å².